The number of esters is 2. The maximum Gasteiger partial charge on any atom is 0.343 e. The fraction of sp³-hybridized carbons (Fsp3) is 0. The number of fused-ring (bicyclic) bond motifs is 1. The van der Waals surface area contributed by atoms with Crippen LogP contribution in [0.25, 0.3) is 10.8 Å². The Morgan fingerprint density at radius 2 is 1.00 bits per heavy atom. The lowest BCUT2D eigenvalue weighted by atomic mass is 10.0. The number of nitrogens with two attached hydrogens (primary N) is 2. The summed E-state index contributed by atoms with van der Waals surface area (Å²) >= 11 is 0. The number of ether oxygens (including phenoxy) is 2. The van der Waals surface area contributed by atoms with Gasteiger partial charge in [0.25, 0.3) is 0 Å². The number of anilines is 2. The minimum absolute atomic E-state index is 0.375. The van der Waals surface area contributed by atoms with Crippen molar-refractivity contribution >= 4 is 34.1 Å². The second kappa shape index (κ2) is 7.97. The molecule has 0 heterocycles. The molecule has 0 amide bonds. The molecule has 30 heavy (non-hydrogen) atoms. The molecular weight excluding hydrogens is 380 g/mol. The van der Waals surface area contributed by atoms with Gasteiger partial charge in [0.05, 0.1) is 11.1 Å². The van der Waals surface area contributed by atoms with E-state index < -0.39 is 11.9 Å². The van der Waals surface area contributed by atoms with Gasteiger partial charge in [-0.15, -0.1) is 0 Å². The number of rotatable bonds is 4. The molecule has 0 atom stereocenters. The van der Waals surface area contributed by atoms with Crippen LogP contribution in [0, 0.1) is 0 Å². The normalized spacial score (nSPS) is 10.5. The highest BCUT2D eigenvalue weighted by Gasteiger charge is 2.13. The Morgan fingerprint density at radius 1 is 0.567 bits per heavy atom. The van der Waals surface area contributed by atoms with E-state index in [1.807, 2.05) is 0 Å². The summed E-state index contributed by atoms with van der Waals surface area (Å²) in [6, 6.07) is 23.5. The molecular formula is C24H18N2O4. The summed E-state index contributed by atoms with van der Waals surface area (Å²) < 4.78 is 10.7. The first kappa shape index (κ1) is 19.0. The smallest absolute Gasteiger partial charge is 0.343 e. The van der Waals surface area contributed by atoms with Crippen LogP contribution in [-0.4, -0.2) is 11.9 Å². The average Bonchev–Trinajstić information content (AvgIpc) is 2.73. The van der Waals surface area contributed by atoms with Gasteiger partial charge in [-0.05, 0) is 59.3 Å². The van der Waals surface area contributed by atoms with Crippen LogP contribution in [0.3, 0.4) is 0 Å². The highest BCUT2D eigenvalue weighted by atomic mass is 16.5. The Hall–Kier alpha value is -4.32. The van der Waals surface area contributed by atoms with Crippen molar-refractivity contribution in [3.8, 4) is 11.5 Å². The second-order valence-electron chi connectivity index (χ2n) is 6.70. The number of hydrogen-bond donors (Lipinski definition) is 2. The van der Waals surface area contributed by atoms with Crippen LogP contribution in [-0.2, 0) is 0 Å². The summed E-state index contributed by atoms with van der Waals surface area (Å²) in [5.41, 5.74) is 13.2. The average molecular weight is 398 g/mol. The van der Waals surface area contributed by atoms with Crippen LogP contribution >= 0.6 is 0 Å². The van der Waals surface area contributed by atoms with Gasteiger partial charge in [-0.1, -0.05) is 24.3 Å². The van der Waals surface area contributed by atoms with E-state index in [1.54, 1.807) is 84.9 Å². The third-order valence-corrected chi connectivity index (χ3v) is 4.45. The zero-order chi connectivity index (χ0) is 21.1. The largest absolute Gasteiger partial charge is 0.423 e. The monoisotopic (exact) mass is 398 g/mol. The Bertz CT molecular complexity index is 1170. The van der Waals surface area contributed by atoms with Gasteiger partial charge in [0, 0.05) is 23.5 Å². The zero-order valence-electron chi connectivity index (χ0n) is 15.9. The van der Waals surface area contributed by atoms with Gasteiger partial charge in [-0.2, -0.15) is 0 Å². The topological polar surface area (TPSA) is 105 Å². The SMILES string of the molecule is Nc1cccc(OC(=O)c2ccc3cc(C(=O)Oc4cccc(N)c4)ccc3c2)c1. The molecule has 6 nitrogen and oxygen atoms in total. The summed E-state index contributed by atoms with van der Waals surface area (Å²) in [7, 11) is 0. The highest BCUT2D eigenvalue weighted by molar-refractivity contribution is 6.00. The van der Waals surface area contributed by atoms with E-state index in [9.17, 15) is 9.59 Å². The predicted octanol–water partition coefficient (Wildman–Crippen LogP) is 4.44. The summed E-state index contributed by atoms with van der Waals surface area (Å²) in [4.78, 5) is 24.9. The zero-order valence-corrected chi connectivity index (χ0v) is 15.9. The van der Waals surface area contributed by atoms with Crippen LogP contribution in [0.5, 0.6) is 11.5 Å². The molecule has 6 heteroatoms. The van der Waals surface area contributed by atoms with Crippen molar-refractivity contribution in [3.05, 3.63) is 96.1 Å². The molecule has 0 aliphatic rings. The molecule has 4 aromatic carbocycles. The standard InChI is InChI=1S/C24H18N2O4/c25-19-3-1-5-21(13-19)29-23(27)17-9-7-16-12-18(10-8-15(16)11-17)24(28)30-22-6-2-4-20(26)14-22/h1-14H,25-26H2. The van der Waals surface area contributed by atoms with E-state index in [0.29, 0.717) is 34.0 Å². The minimum Gasteiger partial charge on any atom is -0.423 e. The highest BCUT2D eigenvalue weighted by Crippen LogP contribution is 2.22. The molecule has 0 bridgehead atoms. The van der Waals surface area contributed by atoms with Crippen molar-refractivity contribution < 1.29 is 19.1 Å². The summed E-state index contributed by atoms with van der Waals surface area (Å²) in [6.07, 6.45) is 0. The maximum absolute atomic E-state index is 12.4. The minimum atomic E-state index is -0.493. The van der Waals surface area contributed by atoms with Gasteiger partial charge in [0.1, 0.15) is 11.5 Å². The molecule has 0 unspecified atom stereocenters. The fourth-order valence-corrected chi connectivity index (χ4v) is 2.99. The number of nitrogen functional groups attached to an aromatic ring is 2. The van der Waals surface area contributed by atoms with E-state index in [-0.39, 0.29) is 0 Å². The Balaban J connectivity index is 1.53. The molecule has 4 aromatic rings. The molecule has 0 aliphatic carbocycles. The van der Waals surface area contributed by atoms with Crippen LogP contribution in [0.2, 0.25) is 0 Å². The van der Waals surface area contributed by atoms with Gasteiger partial charge in [0.15, 0.2) is 0 Å². The third kappa shape index (κ3) is 4.23. The van der Waals surface area contributed by atoms with Gasteiger partial charge in [0.2, 0.25) is 0 Å². The predicted molar refractivity (Wildman–Crippen MR) is 116 cm³/mol. The molecule has 0 radical (unpaired) electrons. The lowest BCUT2D eigenvalue weighted by Crippen LogP contribution is -2.09. The van der Waals surface area contributed by atoms with Gasteiger partial charge >= 0.3 is 11.9 Å². The number of carbonyl (C=O) groups is 2. The van der Waals surface area contributed by atoms with E-state index in [1.165, 1.54) is 0 Å². The third-order valence-electron chi connectivity index (χ3n) is 4.45. The van der Waals surface area contributed by atoms with Crippen molar-refractivity contribution in [2.45, 2.75) is 0 Å². The van der Waals surface area contributed by atoms with Crippen LogP contribution < -0.4 is 20.9 Å². The molecule has 0 saturated heterocycles. The summed E-state index contributed by atoms with van der Waals surface area (Å²) in [5.74, 6) is -0.236. The fourth-order valence-electron chi connectivity index (χ4n) is 2.99. The van der Waals surface area contributed by atoms with E-state index in [0.717, 1.165) is 10.8 Å². The lowest BCUT2D eigenvalue weighted by molar-refractivity contribution is 0.0725. The first-order valence-electron chi connectivity index (χ1n) is 9.17. The summed E-state index contributed by atoms with van der Waals surface area (Å²) in [5, 5.41) is 1.58. The molecule has 0 saturated carbocycles. The lowest BCUT2D eigenvalue weighted by Gasteiger charge is -2.08. The number of hydrogen-bond acceptors (Lipinski definition) is 6. The van der Waals surface area contributed by atoms with Gasteiger partial charge in [-0.3, -0.25) is 0 Å². The number of benzene rings is 4. The van der Waals surface area contributed by atoms with Crippen molar-refractivity contribution in [2.24, 2.45) is 0 Å². The summed E-state index contributed by atoms with van der Waals surface area (Å²) in [6.45, 7) is 0. The van der Waals surface area contributed by atoms with Crippen molar-refractivity contribution in [2.75, 3.05) is 11.5 Å². The van der Waals surface area contributed by atoms with Crippen molar-refractivity contribution in [1.82, 2.24) is 0 Å². The first-order chi connectivity index (χ1) is 14.5. The molecule has 0 aliphatic heterocycles. The molecule has 0 fully saturated rings. The van der Waals surface area contributed by atoms with Crippen LogP contribution in [0.4, 0.5) is 11.4 Å². The van der Waals surface area contributed by atoms with E-state index in [2.05, 4.69) is 0 Å². The molecule has 0 spiro atoms. The van der Waals surface area contributed by atoms with Gasteiger partial charge in [-0.25, -0.2) is 9.59 Å². The first-order valence-corrected chi connectivity index (χ1v) is 9.17. The van der Waals surface area contributed by atoms with E-state index in [4.69, 9.17) is 20.9 Å². The molecule has 4 N–H and O–H groups in total. The maximum atomic E-state index is 12.4. The van der Waals surface area contributed by atoms with Gasteiger partial charge < -0.3 is 20.9 Å². The van der Waals surface area contributed by atoms with Crippen molar-refractivity contribution in [1.29, 1.82) is 0 Å². The van der Waals surface area contributed by atoms with Crippen LogP contribution in [0.15, 0.2) is 84.9 Å². The Labute approximate surface area is 172 Å². The van der Waals surface area contributed by atoms with Crippen LogP contribution in [0.1, 0.15) is 20.7 Å². The van der Waals surface area contributed by atoms with E-state index >= 15 is 0 Å². The Kier molecular flexibility index (Phi) is 5.05. The second-order valence-corrected chi connectivity index (χ2v) is 6.70. The quantitative estimate of drug-likeness (QED) is 0.299. The molecule has 148 valence electrons. The van der Waals surface area contributed by atoms with Crippen molar-refractivity contribution in [3.63, 3.8) is 0 Å². The Morgan fingerprint density at radius 3 is 1.40 bits per heavy atom. The number of carbonyl (C=O) groups excluding carboxylic acids is 2. The molecule has 0 aromatic heterocycles. The molecule has 4 rings (SSSR count).